The average molecular weight is 909 g/mol. The normalized spacial score (nSPS) is 45.3. The van der Waals surface area contributed by atoms with E-state index in [1.165, 1.54) is 13.8 Å². The molecule has 21 atom stereocenters. The van der Waals surface area contributed by atoms with Crippen LogP contribution in [0.1, 0.15) is 132 Å². The standard InChI is InChI=1S/C44H76O19/c1-8-9-15-18-26-19-16-13-11-10-12-14-17-20-27(45)59-38-33(51)43(61-35-23(5)55-41(58-26)32(50)30(35)48)56-24(6)36(38)63-44-34(52)39(60-40(53)21(2)3)37(25(7)57-44)62-42-31(49)29(47)28(46)22(4)54-42/h21-26,28-39,41-44,46-52H,8-20H2,1-7H3/t22-,23-,24-,25-,26-,28-,29+,30-,31+,32+,33+,34+,35-,36-,37-,38-,39-,41-,42-,43-,44-/m0/s1. The second kappa shape index (κ2) is 24.4. The fourth-order valence-electron chi connectivity index (χ4n) is 8.84. The Bertz CT molecular complexity index is 1390. The smallest absolute Gasteiger partial charge is 0.308 e. The van der Waals surface area contributed by atoms with E-state index in [0.29, 0.717) is 6.42 Å². The van der Waals surface area contributed by atoms with Crippen LogP contribution in [0.5, 0.6) is 0 Å². The minimum Gasteiger partial charge on any atom is -0.456 e. The van der Waals surface area contributed by atoms with Gasteiger partial charge in [-0.15, -0.1) is 0 Å². The lowest BCUT2D eigenvalue weighted by Gasteiger charge is -2.49. The maximum atomic E-state index is 13.5. The van der Waals surface area contributed by atoms with Gasteiger partial charge in [0.15, 0.2) is 37.4 Å². The number of hydrogen-bond acceptors (Lipinski definition) is 19. The predicted molar refractivity (Wildman–Crippen MR) is 219 cm³/mol. The summed E-state index contributed by atoms with van der Waals surface area (Å²) in [6.07, 6.45) is -17.2. The highest BCUT2D eigenvalue weighted by molar-refractivity contribution is 5.71. The number of rotatable bonds is 10. The van der Waals surface area contributed by atoms with Crippen molar-refractivity contribution in [2.75, 3.05) is 0 Å². The molecule has 0 saturated carbocycles. The van der Waals surface area contributed by atoms with E-state index in [9.17, 15) is 45.3 Å². The maximum Gasteiger partial charge on any atom is 0.308 e. The number of fused-ring (bicyclic) bond motifs is 14. The monoisotopic (exact) mass is 908 g/mol. The first-order valence-electron chi connectivity index (χ1n) is 23.3. The highest BCUT2D eigenvalue weighted by Gasteiger charge is 2.56. The van der Waals surface area contributed by atoms with Gasteiger partial charge in [-0.25, -0.2) is 0 Å². The molecule has 6 aliphatic heterocycles. The topological polar surface area (TPSA) is 268 Å². The fourth-order valence-corrected chi connectivity index (χ4v) is 8.84. The van der Waals surface area contributed by atoms with Gasteiger partial charge in [0.1, 0.15) is 61.0 Å². The first kappa shape index (κ1) is 52.3. The van der Waals surface area contributed by atoms with Crippen LogP contribution in [0, 0.1) is 5.92 Å². The Hall–Kier alpha value is -1.66. The Labute approximate surface area is 370 Å². The molecule has 0 radical (unpaired) electrons. The molecule has 0 unspecified atom stereocenters. The number of aliphatic hydroxyl groups is 7. The lowest BCUT2D eigenvalue weighted by Crippen LogP contribution is -2.67. The van der Waals surface area contributed by atoms with Crippen LogP contribution >= 0.6 is 0 Å². The summed E-state index contributed by atoms with van der Waals surface area (Å²) < 4.78 is 60.5. The molecular formula is C44H76O19. The Morgan fingerprint density at radius 1 is 0.587 bits per heavy atom. The van der Waals surface area contributed by atoms with Gasteiger partial charge in [-0.3, -0.25) is 9.59 Å². The van der Waals surface area contributed by atoms with Crippen LogP contribution in [0.2, 0.25) is 0 Å². The maximum absolute atomic E-state index is 13.5. The van der Waals surface area contributed by atoms with E-state index in [1.54, 1.807) is 27.7 Å². The van der Waals surface area contributed by atoms with Gasteiger partial charge < -0.3 is 83.1 Å². The molecule has 6 saturated heterocycles. The quantitative estimate of drug-likeness (QED) is 0.121. The predicted octanol–water partition coefficient (Wildman–Crippen LogP) is 1.62. The third-order valence-electron chi connectivity index (χ3n) is 12.8. The van der Waals surface area contributed by atoms with Crippen molar-refractivity contribution in [3.05, 3.63) is 0 Å². The number of aliphatic hydroxyl groups excluding tert-OH is 7. The molecule has 6 rings (SSSR count). The average Bonchev–Trinajstić information content (AvgIpc) is 3.23. The van der Waals surface area contributed by atoms with E-state index in [-0.39, 0.29) is 12.5 Å². The van der Waals surface area contributed by atoms with Gasteiger partial charge in [0.2, 0.25) is 0 Å². The molecule has 19 heteroatoms. The molecule has 0 aliphatic carbocycles. The molecule has 366 valence electrons. The minimum absolute atomic E-state index is 0.0402. The van der Waals surface area contributed by atoms with Crippen LogP contribution in [0.3, 0.4) is 0 Å². The van der Waals surface area contributed by atoms with E-state index >= 15 is 0 Å². The van der Waals surface area contributed by atoms with Gasteiger partial charge in [-0.2, -0.15) is 0 Å². The van der Waals surface area contributed by atoms with Gasteiger partial charge in [-0.1, -0.05) is 78.6 Å². The van der Waals surface area contributed by atoms with E-state index in [2.05, 4.69) is 6.92 Å². The molecule has 63 heavy (non-hydrogen) atoms. The summed E-state index contributed by atoms with van der Waals surface area (Å²) in [4.78, 5) is 26.5. The molecular weight excluding hydrogens is 832 g/mol. The van der Waals surface area contributed by atoms with Crippen molar-refractivity contribution in [3.8, 4) is 0 Å². The molecule has 0 aromatic carbocycles. The first-order valence-corrected chi connectivity index (χ1v) is 23.3. The summed E-state index contributed by atoms with van der Waals surface area (Å²) in [5.74, 6) is -1.99. The van der Waals surface area contributed by atoms with Crippen LogP contribution in [0.25, 0.3) is 0 Å². The van der Waals surface area contributed by atoms with Crippen molar-refractivity contribution in [2.45, 2.75) is 261 Å². The van der Waals surface area contributed by atoms with Crippen LogP contribution in [-0.4, -0.2) is 177 Å². The molecule has 4 bridgehead atoms. The Morgan fingerprint density at radius 3 is 1.86 bits per heavy atom. The molecule has 6 heterocycles. The minimum atomic E-state index is -1.79. The van der Waals surface area contributed by atoms with Gasteiger partial charge in [0.25, 0.3) is 0 Å². The summed E-state index contributed by atoms with van der Waals surface area (Å²) in [6, 6.07) is 0. The number of hydrogen-bond donors (Lipinski definition) is 7. The van der Waals surface area contributed by atoms with Crippen molar-refractivity contribution >= 4 is 11.9 Å². The van der Waals surface area contributed by atoms with Crippen molar-refractivity contribution in [3.63, 3.8) is 0 Å². The molecule has 0 aromatic rings. The van der Waals surface area contributed by atoms with Crippen molar-refractivity contribution in [1.29, 1.82) is 0 Å². The van der Waals surface area contributed by atoms with Crippen molar-refractivity contribution in [2.24, 2.45) is 5.92 Å². The van der Waals surface area contributed by atoms with E-state index in [0.717, 1.165) is 70.6 Å². The largest absolute Gasteiger partial charge is 0.456 e. The second-order valence-corrected chi connectivity index (χ2v) is 18.4. The van der Waals surface area contributed by atoms with Crippen molar-refractivity contribution in [1.82, 2.24) is 0 Å². The summed E-state index contributed by atoms with van der Waals surface area (Å²) in [5.41, 5.74) is 0. The Balaban J connectivity index is 1.37. The van der Waals surface area contributed by atoms with Gasteiger partial charge in [-0.05, 0) is 47.0 Å². The molecule has 0 spiro atoms. The SMILES string of the molecule is CCCCC[C@H]1CCCCCCCCCC(=O)O[C@H]2[C@@H](O)[C@H](O[C@@H]3[C@@H](O)[C@@H](O)[C@H](O1)O[C@H]3C)O[C@@H](C)[C@@H]2O[C@@H]1O[C@@H](C)[C@H](O[C@@H]2O[C@@H](C)[C@H](O)[C@@H](O)[C@H]2O)[C@@H](OC(=O)C(C)C)[C@H]1O. The molecule has 0 aromatic heterocycles. The first-order chi connectivity index (χ1) is 29.9. The summed E-state index contributed by atoms with van der Waals surface area (Å²) in [6.45, 7) is 11.5. The highest BCUT2D eigenvalue weighted by atomic mass is 16.8. The molecule has 0 amide bonds. The Morgan fingerprint density at radius 2 is 1.17 bits per heavy atom. The van der Waals surface area contributed by atoms with E-state index in [4.69, 9.17) is 47.4 Å². The third-order valence-corrected chi connectivity index (χ3v) is 12.8. The zero-order chi connectivity index (χ0) is 46.1. The second-order valence-electron chi connectivity index (χ2n) is 18.4. The van der Waals surface area contributed by atoms with Crippen LogP contribution in [0.15, 0.2) is 0 Å². The van der Waals surface area contributed by atoms with Crippen LogP contribution in [0.4, 0.5) is 0 Å². The van der Waals surface area contributed by atoms with Gasteiger partial charge in [0, 0.05) is 6.42 Å². The lowest BCUT2D eigenvalue weighted by molar-refractivity contribution is -0.383. The Kier molecular flexibility index (Phi) is 20.2. The zero-order valence-corrected chi connectivity index (χ0v) is 37.9. The van der Waals surface area contributed by atoms with Crippen LogP contribution < -0.4 is 0 Å². The lowest BCUT2D eigenvalue weighted by atomic mass is 9.95. The van der Waals surface area contributed by atoms with E-state index < -0.39 is 141 Å². The van der Waals surface area contributed by atoms with E-state index in [1.807, 2.05) is 0 Å². The molecule has 6 aliphatic rings. The van der Waals surface area contributed by atoms with Crippen molar-refractivity contribution < 1.29 is 92.7 Å². The van der Waals surface area contributed by atoms with Gasteiger partial charge in [0.05, 0.1) is 36.4 Å². The summed E-state index contributed by atoms with van der Waals surface area (Å²) >= 11 is 0. The molecule has 7 N–H and O–H groups in total. The fraction of sp³-hybridized carbons (Fsp3) is 0.955. The summed E-state index contributed by atoms with van der Waals surface area (Å²) in [5, 5.41) is 77.8. The van der Waals surface area contributed by atoms with Crippen LogP contribution in [-0.2, 0) is 57.0 Å². The third kappa shape index (κ3) is 13.5. The number of esters is 2. The summed E-state index contributed by atoms with van der Waals surface area (Å²) in [7, 11) is 0. The highest BCUT2D eigenvalue weighted by Crippen LogP contribution is 2.37. The van der Waals surface area contributed by atoms with Gasteiger partial charge >= 0.3 is 11.9 Å². The zero-order valence-electron chi connectivity index (χ0n) is 37.9. The number of ether oxygens (including phenoxy) is 10. The molecule has 6 fully saturated rings. The number of carbonyl (C=O) groups excluding carboxylic acids is 2. The number of unbranched alkanes of at least 4 members (excludes halogenated alkanes) is 2. The number of carbonyl (C=O) groups is 2. The molecule has 19 nitrogen and oxygen atoms in total.